The molecule has 0 aromatic carbocycles. The molecule has 0 aliphatic rings. The summed E-state index contributed by atoms with van der Waals surface area (Å²) < 4.78 is 1.55. The number of nitrogens with two attached hydrogens (primary N) is 1. The van der Waals surface area contributed by atoms with Gasteiger partial charge in [-0.2, -0.15) is 5.21 Å². The number of hydrogen-bond acceptors (Lipinski definition) is 4. The molecule has 0 fully saturated rings. The highest BCUT2D eigenvalue weighted by Gasteiger charge is 2.28. The molecule has 1 heterocycles. The molecule has 0 atom stereocenters. The number of carbonyl (C=O) groups excluding carboxylic acids is 1. The monoisotopic (exact) mass is 187 g/mol. The van der Waals surface area contributed by atoms with Crippen molar-refractivity contribution < 1.29 is 4.79 Å². The summed E-state index contributed by atoms with van der Waals surface area (Å²) in [7, 11) is 0. The Balaban J connectivity index is 3.23. The van der Waals surface area contributed by atoms with Gasteiger partial charge in [-0.1, -0.05) is 10.3 Å². The van der Waals surface area contributed by atoms with E-state index in [-0.39, 0.29) is 4.77 Å². The zero-order chi connectivity index (χ0) is 9.35. The molecule has 12 heavy (non-hydrogen) atoms. The van der Waals surface area contributed by atoms with Crippen LogP contribution in [0.1, 0.15) is 13.8 Å². The normalized spacial score (nSPS) is 11.5. The van der Waals surface area contributed by atoms with Crippen LogP contribution in [0.5, 0.6) is 0 Å². The van der Waals surface area contributed by atoms with Gasteiger partial charge in [0.25, 0.3) is 0 Å². The molecular weight excluding hydrogens is 178 g/mol. The van der Waals surface area contributed by atoms with E-state index in [1.807, 2.05) is 0 Å². The molecule has 66 valence electrons. The fourth-order valence-corrected chi connectivity index (χ4v) is 0.982. The van der Waals surface area contributed by atoms with Gasteiger partial charge in [-0.25, -0.2) is 4.68 Å². The smallest absolute Gasteiger partial charge is 0.244 e. The van der Waals surface area contributed by atoms with E-state index in [0.29, 0.717) is 0 Å². The van der Waals surface area contributed by atoms with Gasteiger partial charge in [0, 0.05) is 0 Å². The van der Waals surface area contributed by atoms with Gasteiger partial charge in [0.2, 0.25) is 10.7 Å². The Morgan fingerprint density at radius 3 is 2.67 bits per heavy atom. The number of aromatic nitrogens is 4. The summed E-state index contributed by atoms with van der Waals surface area (Å²) in [5.74, 6) is -0.496. The molecule has 0 aliphatic heterocycles. The molecule has 1 aromatic rings. The van der Waals surface area contributed by atoms with Gasteiger partial charge >= 0.3 is 0 Å². The van der Waals surface area contributed by atoms with Gasteiger partial charge in [-0.3, -0.25) is 4.79 Å². The van der Waals surface area contributed by atoms with Crippen molar-refractivity contribution in [3.8, 4) is 0 Å². The highest BCUT2D eigenvalue weighted by molar-refractivity contribution is 7.71. The van der Waals surface area contributed by atoms with Crippen LogP contribution in [0.25, 0.3) is 0 Å². The maximum atomic E-state index is 11.0. The van der Waals surface area contributed by atoms with E-state index in [2.05, 4.69) is 15.5 Å². The molecule has 0 saturated carbocycles. The Morgan fingerprint density at radius 2 is 2.33 bits per heavy atom. The minimum absolute atomic E-state index is 0.207. The van der Waals surface area contributed by atoms with Gasteiger partial charge in [0.1, 0.15) is 5.54 Å². The maximum absolute atomic E-state index is 11.0. The lowest BCUT2D eigenvalue weighted by atomic mass is 10.1. The van der Waals surface area contributed by atoms with Crippen LogP contribution in [0.2, 0.25) is 0 Å². The topological polar surface area (TPSA) is 89.6 Å². The first-order valence-electron chi connectivity index (χ1n) is 3.26. The molecule has 0 saturated heterocycles. The zero-order valence-electron chi connectivity index (χ0n) is 6.74. The quantitative estimate of drug-likeness (QED) is 0.614. The van der Waals surface area contributed by atoms with E-state index < -0.39 is 11.4 Å². The SMILES string of the molecule is CC(C)(C(N)=O)n1[nH]nnc1=S. The number of rotatable bonds is 2. The molecule has 3 N–H and O–H groups in total. The molecule has 1 rings (SSSR count). The average molecular weight is 187 g/mol. The summed E-state index contributed by atoms with van der Waals surface area (Å²) in [4.78, 5) is 11.0. The van der Waals surface area contributed by atoms with Gasteiger partial charge < -0.3 is 5.73 Å². The highest BCUT2D eigenvalue weighted by atomic mass is 32.1. The van der Waals surface area contributed by atoms with Crippen LogP contribution >= 0.6 is 12.2 Å². The lowest BCUT2D eigenvalue weighted by Crippen LogP contribution is -2.41. The summed E-state index contributed by atoms with van der Waals surface area (Å²) in [5.41, 5.74) is 4.23. The molecule has 0 bridgehead atoms. The molecule has 0 radical (unpaired) electrons. The van der Waals surface area contributed by atoms with Crippen LogP contribution in [0.15, 0.2) is 0 Å². The number of nitrogens with zero attached hydrogens (tertiary/aromatic N) is 3. The zero-order valence-corrected chi connectivity index (χ0v) is 7.55. The van der Waals surface area contributed by atoms with E-state index in [1.165, 1.54) is 4.68 Å². The lowest BCUT2D eigenvalue weighted by molar-refractivity contribution is -0.125. The Labute approximate surface area is 73.7 Å². The maximum Gasteiger partial charge on any atom is 0.244 e. The molecule has 1 amide bonds. The lowest BCUT2D eigenvalue weighted by Gasteiger charge is -2.19. The van der Waals surface area contributed by atoms with Crippen molar-refractivity contribution in [1.29, 1.82) is 0 Å². The van der Waals surface area contributed by atoms with Crippen molar-refractivity contribution in [3.05, 3.63) is 4.77 Å². The van der Waals surface area contributed by atoms with Crippen molar-refractivity contribution in [2.24, 2.45) is 5.73 Å². The summed E-state index contributed by atoms with van der Waals surface area (Å²) in [6.45, 7) is 3.26. The number of tetrazole rings is 1. The minimum atomic E-state index is -0.916. The van der Waals surface area contributed by atoms with Crippen LogP contribution in [-0.4, -0.2) is 26.1 Å². The third kappa shape index (κ3) is 1.22. The second-order valence-electron chi connectivity index (χ2n) is 2.84. The highest BCUT2D eigenvalue weighted by Crippen LogP contribution is 2.11. The second kappa shape index (κ2) is 2.67. The fraction of sp³-hybridized carbons (Fsp3) is 0.600. The van der Waals surface area contributed by atoms with Crippen molar-refractivity contribution in [3.63, 3.8) is 0 Å². The van der Waals surface area contributed by atoms with Crippen LogP contribution in [0, 0.1) is 4.77 Å². The van der Waals surface area contributed by atoms with E-state index in [0.717, 1.165) is 0 Å². The summed E-state index contributed by atoms with van der Waals surface area (Å²) in [5, 5.41) is 9.45. The van der Waals surface area contributed by atoms with Crippen LogP contribution in [0.4, 0.5) is 0 Å². The Kier molecular flexibility index (Phi) is 1.97. The van der Waals surface area contributed by atoms with Crippen molar-refractivity contribution in [1.82, 2.24) is 20.2 Å². The fourth-order valence-electron chi connectivity index (χ4n) is 0.672. The predicted octanol–water partition coefficient (Wildman–Crippen LogP) is -0.444. The minimum Gasteiger partial charge on any atom is -0.368 e. The Bertz CT molecular complexity index is 351. The van der Waals surface area contributed by atoms with E-state index in [9.17, 15) is 4.79 Å². The van der Waals surface area contributed by atoms with Crippen LogP contribution in [0.3, 0.4) is 0 Å². The number of carbonyl (C=O) groups is 1. The first kappa shape index (κ1) is 8.85. The summed E-state index contributed by atoms with van der Waals surface area (Å²) in [6.07, 6.45) is 0. The number of amides is 1. The standard InChI is InChI=1S/C5H9N5OS/c1-5(2,3(6)11)10-4(12)7-8-9-10/h1-2H3,(H2,6,11)(H,7,9,12). The molecular formula is C5H9N5OS. The molecule has 7 heteroatoms. The summed E-state index contributed by atoms with van der Waals surface area (Å²) >= 11 is 4.80. The first-order valence-corrected chi connectivity index (χ1v) is 3.67. The van der Waals surface area contributed by atoms with Gasteiger partial charge in [0.05, 0.1) is 0 Å². The number of H-pyrrole nitrogens is 1. The van der Waals surface area contributed by atoms with Crippen LogP contribution in [-0.2, 0) is 10.3 Å². The Morgan fingerprint density at radius 1 is 1.75 bits per heavy atom. The second-order valence-corrected chi connectivity index (χ2v) is 3.21. The third-order valence-corrected chi connectivity index (χ3v) is 1.90. The number of primary amides is 1. The van der Waals surface area contributed by atoms with Gasteiger partial charge in [0.15, 0.2) is 0 Å². The predicted molar refractivity (Wildman–Crippen MR) is 43.7 cm³/mol. The number of aromatic amines is 1. The molecule has 6 nitrogen and oxygen atoms in total. The number of hydrogen-bond donors (Lipinski definition) is 2. The van der Waals surface area contributed by atoms with E-state index >= 15 is 0 Å². The van der Waals surface area contributed by atoms with Crippen LogP contribution < -0.4 is 5.73 Å². The molecule has 0 aliphatic carbocycles. The largest absolute Gasteiger partial charge is 0.368 e. The molecule has 1 aromatic heterocycles. The Hall–Kier alpha value is -1.24. The first-order chi connectivity index (χ1) is 5.46. The average Bonchev–Trinajstić information content (AvgIpc) is 2.35. The van der Waals surface area contributed by atoms with E-state index in [4.69, 9.17) is 18.0 Å². The van der Waals surface area contributed by atoms with Gasteiger partial charge in [-0.15, -0.1) is 0 Å². The van der Waals surface area contributed by atoms with Crippen molar-refractivity contribution >= 4 is 18.1 Å². The van der Waals surface area contributed by atoms with Crippen molar-refractivity contribution in [2.45, 2.75) is 19.4 Å². The third-order valence-electron chi connectivity index (χ3n) is 1.63. The molecule has 0 spiro atoms. The van der Waals surface area contributed by atoms with E-state index in [1.54, 1.807) is 13.8 Å². The van der Waals surface area contributed by atoms with Gasteiger partial charge in [-0.05, 0) is 26.1 Å². The van der Waals surface area contributed by atoms with Crippen molar-refractivity contribution in [2.75, 3.05) is 0 Å². The number of nitrogens with one attached hydrogen (secondary N) is 1. The molecule has 0 unspecified atom stereocenters. The summed E-state index contributed by atoms with van der Waals surface area (Å²) in [6, 6.07) is 0.